The zero-order valence-electron chi connectivity index (χ0n) is 18.5. The highest BCUT2D eigenvalue weighted by Crippen LogP contribution is 2.44. The molecule has 3 heterocycles. The van der Waals surface area contributed by atoms with Gasteiger partial charge in [-0.1, -0.05) is 32.0 Å². The minimum absolute atomic E-state index is 0.132. The molecular weight excluding hydrogens is 396 g/mol. The Morgan fingerprint density at radius 3 is 2.74 bits per heavy atom. The molecule has 8 nitrogen and oxygen atoms in total. The molecule has 166 valence electrons. The zero-order valence-corrected chi connectivity index (χ0v) is 18.5. The second-order valence-electron chi connectivity index (χ2n) is 8.88. The Morgan fingerprint density at radius 2 is 2.03 bits per heavy atom. The van der Waals surface area contributed by atoms with E-state index in [2.05, 4.69) is 10.3 Å². The number of aromatic amines is 1. The molecular formula is C23H30N4O4. The van der Waals surface area contributed by atoms with Gasteiger partial charge in [-0.2, -0.15) is 0 Å². The van der Waals surface area contributed by atoms with E-state index in [0.717, 1.165) is 22.2 Å². The monoisotopic (exact) mass is 426 g/mol. The van der Waals surface area contributed by atoms with Crippen molar-refractivity contribution in [3.63, 3.8) is 0 Å². The standard InChI is InChI=1S/C23H30N4O4/c1-14(2)13-18(20(28)24-10-12-31-4)27-21(29)23(3)19-16(9-11-26(23)22(27)30)15-7-5-6-8-17(15)25-19/h5-8,14,18,25H,9-13H2,1-4H3,(H,24,28)/t18-,23+/m1/s1. The second kappa shape index (κ2) is 8.00. The Kier molecular flexibility index (Phi) is 5.51. The van der Waals surface area contributed by atoms with Crippen LogP contribution in [0.25, 0.3) is 10.9 Å². The van der Waals surface area contributed by atoms with Crippen LogP contribution in [0.2, 0.25) is 0 Å². The van der Waals surface area contributed by atoms with Crippen LogP contribution in [0.5, 0.6) is 0 Å². The summed E-state index contributed by atoms with van der Waals surface area (Å²) in [4.78, 5) is 46.4. The number of hydrogen-bond donors (Lipinski definition) is 2. The van der Waals surface area contributed by atoms with Gasteiger partial charge in [0, 0.05) is 31.1 Å². The predicted octanol–water partition coefficient (Wildman–Crippen LogP) is 2.38. The molecule has 0 radical (unpaired) electrons. The third-order valence-electron chi connectivity index (χ3n) is 6.41. The summed E-state index contributed by atoms with van der Waals surface area (Å²) in [5.41, 5.74) is 1.63. The lowest BCUT2D eigenvalue weighted by Crippen LogP contribution is -2.51. The molecule has 2 aromatic rings. The van der Waals surface area contributed by atoms with Crippen LogP contribution in [0.15, 0.2) is 24.3 Å². The quantitative estimate of drug-likeness (QED) is 0.525. The third kappa shape index (κ3) is 3.29. The minimum Gasteiger partial charge on any atom is -0.383 e. The van der Waals surface area contributed by atoms with Crippen molar-refractivity contribution in [1.82, 2.24) is 20.1 Å². The van der Waals surface area contributed by atoms with Crippen molar-refractivity contribution < 1.29 is 19.1 Å². The van der Waals surface area contributed by atoms with E-state index < -0.39 is 17.6 Å². The number of amides is 4. The lowest BCUT2D eigenvalue weighted by molar-refractivity contribution is -0.140. The van der Waals surface area contributed by atoms with Gasteiger partial charge in [0.15, 0.2) is 5.54 Å². The molecule has 4 rings (SSSR count). The first-order valence-corrected chi connectivity index (χ1v) is 10.8. The van der Waals surface area contributed by atoms with Gasteiger partial charge in [0.1, 0.15) is 6.04 Å². The van der Waals surface area contributed by atoms with E-state index in [1.165, 1.54) is 4.90 Å². The first-order valence-electron chi connectivity index (χ1n) is 10.8. The smallest absolute Gasteiger partial charge is 0.328 e. The van der Waals surface area contributed by atoms with Crippen molar-refractivity contribution >= 4 is 28.7 Å². The minimum atomic E-state index is -1.15. The van der Waals surface area contributed by atoms with Gasteiger partial charge < -0.3 is 19.9 Å². The number of nitrogens with one attached hydrogen (secondary N) is 2. The van der Waals surface area contributed by atoms with E-state index in [0.29, 0.717) is 32.5 Å². The van der Waals surface area contributed by atoms with Crippen LogP contribution in [-0.4, -0.2) is 65.5 Å². The summed E-state index contributed by atoms with van der Waals surface area (Å²) < 4.78 is 5.01. The van der Waals surface area contributed by atoms with Crippen molar-refractivity contribution in [1.29, 1.82) is 0 Å². The number of fused-ring (bicyclic) bond motifs is 5. The molecule has 2 atom stereocenters. The Bertz CT molecular complexity index is 1030. The third-order valence-corrected chi connectivity index (χ3v) is 6.41. The SMILES string of the molecule is COCCNC(=O)[C@@H](CC(C)C)N1C(=O)N2CCc3c([nH]c4ccccc34)[C@@]2(C)C1=O. The van der Waals surface area contributed by atoms with Crippen LogP contribution in [-0.2, 0) is 26.3 Å². The molecule has 4 amide bonds. The van der Waals surface area contributed by atoms with Crippen LogP contribution < -0.4 is 5.32 Å². The predicted molar refractivity (Wildman–Crippen MR) is 116 cm³/mol. The molecule has 8 heteroatoms. The molecule has 1 aromatic carbocycles. The Balaban J connectivity index is 1.73. The largest absolute Gasteiger partial charge is 0.383 e. The molecule has 1 saturated heterocycles. The molecule has 0 bridgehead atoms. The lowest BCUT2D eigenvalue weighted by Gasteiger charge is -2.36. The molecule has 0 unspecified atom stereocenters. The summed E-state index contributed by atoms with van der Waals surface area (Å²) in [6, 6.07) is 6.68. The number of para-hydroxylation sites is 1. The van der Waals surface area contributed by atoms with E-state index in [1.54, 1.807) is 18.9 Å². The Morgan fingerprint density at radius 1 is 1.29 bits per heavy atom. The Hall–Kier alpha value is -2.87. The van der Waals surface area contributed by atoms with Gasteiger partial charge in [0.25, 0.3) is 5.91 Å². The van der Waals surface area contributed by atoms with Gasteiger partial charge >= 0.3 is 6.03 Å². The molecule has 2 aliphatic heterocycles. The normalized spacial score (nSPS) is 21.6. The number of benzene rings is 1. The van der Waals surface area contributed by atoms with Gasteiger partial charge in [-0.3, -0.25) is 9.59 Å². The maximum absolute atomic E-state index is 13.8. The average molecular weight is 427 g/mol. The fraction of sp³-hybridized carbons (Fsp3) is 0.522. The maximum Gasteiger partial charge on any atom is 0.328 e. The number of carbonyl (C=O) groups is 3. The van der Waals surface area contributed by atoms with E-state index in [4.69, 9.17) is 4.74 Å². The van der Waals surface area contributed by atoms with Gasteiger partial charge in [-0.15, -0.1) is 0 Å². The van der Waals surface area contributed by atoms with E-state index in [1.807, 2.05) is 38.1 Å². The fourth-order valence-electron chi connectivity index (χ4n) is 4.86. The number of nitrogens with zero attached hydrogens (tertiary/aromatic N) is 2. The van der Waals surface area contributed by atoms with Crippen molar-refractivity contribution in [3.8, 4) is 0 Å². The molecule has 2 N–H and O–H groups in total. The second-order valence-corrected chi connectivity index (χ2v) is 8.88. The topological polar surface area (TPSA) is 94.7 Å². The van der Waals surface area contributed by atoms with E-state index in [-0.39, 0.29) is 17.7 Å². The van der Waals surface area contributed by atoms with Crippen LogP contribution in [0, 0.1) is 5.92 Å². The number of rotatable bonds is 7. The van der Waals surface area contributed by atoms with Gasteiger partial charge in [-0.25, -0.2) is 9.69 Å². The van der Waals surface area contributed by atoms with Gasteiger partial charge in [0.05, 0.1) is 12.3 Å². The van der Waals surface area contributed by atoms with Gasteiger partial charge in [-0.05, 0) is 37.3 Å². The summed E-state index contributed by atoms with van der Waals surface area (Å²) in [5, 5.41) is 3.88. The fourth-order valence-corrected chi connectivity index (χ4v) is 4.86. The molecule has 1 fully saturated rings. The highest BCUT2D eigenvalue weighted by molar-refractivity contribution is 6.11. The van der Waals surface area contributed by atoms with E-state index in [9.17, 15) is 14.4 Å². The summed E-state index contributed by atoms with van der Waals surface area (Å²) in [7, 11) is 1.56. The number of H-pyrrole nitrogens is 1. The van der Waals surface area contributed by atoms with E-state index >= 15 is 0 Å². The molecule has 0 saturated carbocycles. The molecule has 2 aliphatic rings. The highest BCUT2D eigenvalue weighted by atomic mass is 16.5. The molecule has 0 spiro atoms. The van der Waals surface area contributed by atoms with Crippen LogP contribution in [0.1, 0.15) is 38.4 Å². The average Bonchev–Trinajstić information content (AvgIpc) is 3.21. The zero-order chi connectivity index (χ0) is 22.3. The summed E-state index contributed by atoms with van der Waals surface area (Å²) in [6.07, 6.45) is 1.07. The first kappa shape index (κ1) is 21.4. The Labute approximate surface area is 181 Å². The lowest BCUT2D eigenvalue weighted by atomic mass is 9.87. The van der Waals surface area contributed by atoms with Crippen molar-refractivity contribution in [2.75, 3.05) is 26.8 Å². The van der Waals surface area contributed by atoms with Gasteiger partial charge in [0.2, 0.25) is 5.91 Å². The molecule has 0 aliphatic carbocycles. The maximum atomic E-state index is 13.8. The summed E-state index contributed by atoms with van der Waals surface area (Å²) in [6.45, 7) is 6.87. The number of ether oxygens (including phenoxy) is 1. The first-order chi connectivity index (χ1) is 14.8. The van der Waals surface area contributed by atoms with Crippen LogP contribution in [0.4, 0.5) is 4.79 Å². The number of carbonyl (C=O) groups excluding carboxylic acids is 3. The summed E-state index contributed by atoms with van der Waals surface area (Å²) >= 11 is 0. The number of urea groups is 1. The van der Waals surface area contributed by atoms with Crippen LogP contribution >= 0.6 is 0 Å². The highest BCUT2D eigenvalue weighted by Gasteiger charge is 2.60. The number of imide groups is 1. The van der Waals surface area contributed by atoms with Crippen LogP contribution in [0.3, 0.4) is 0 Å². The van der Waals surface area contributed by atoms with Crippen molar-refractivity contribution in [3.05, 3.63) is 35.5 Å². The van der Waals surface area contributed by atoms with Crippen molar-refractivity contribution in [2.24, 2.45) is 5.92 Å². The number of aromatic nitrogens is 1. The summed E-state index contributed by atoms with van der Waals surface area (Å²) in [5.74, 6) is -0.543. The van der Waals surface area contributed by atoms with Crippen molar-refractivity contribution in [2.45, 2.75) is 45.2 Å². The number of methoxy groups -OCH3 is 1. The molecule has 1 aromatic heterocycles. The molecule has 31 heavy (non-hydrogen) atoms. The number of hydrogen-bond acceptors (Lipinski definition) is 4.